The lowest BCUT2D eigenvalue weighted by molar-refractivity contribution is 0.0696. The Bertz CT molecular complexity index is 543. The number of carbonyl (C=O) groups is 1. The van der Waals surface area contributed by atoms with Crippen molar-refractivity contribution < 1.29 is 15.0 Å². The highest BCUT2D eigenvalue weighted by Gasteiger charge is 2.09. The van der Waals surface area contributed by atoms with E-state index >= 15 is 0 Å². The van der Waals surface area contributed by atoms with Crippen LogP contribution < -0.4 is 0 Å². The zero-order valence-corrected chi connectivity index (χ0v) is 9.41. The van der Waals surface area contributed by atoms with Gasteiger partial charge in [0, 0.05) is 4.88 Å². The van der Waals surface area contributed by atoms with E-state index in [4.69, 9.17) is 5.11 Å². The topological polar surface area (TPSA) is 57.5 Å². The molecule has 0 bridgehead atoms. The second-order valence-electron chi connectivity index (χ2n) is 3.46. The van der Waals surface area contributed by atoms with Gasteiger partial charge in [0.1, 0.15) is 5.75 Å². The third-order valence-electron chi connectivity index (χ3n) is 2.33. The molecular formula is C12H10O3S. The number of aryl methyl sites for hydroxylation is 1. The summed E-state index contributed by atoms with van der Waals surface area (Å²) in [5.41, 5.74) is 1.79. The van der Waals surface area contributed by atoms with Crippen LogP contribution in [0.15, 0.2) is 29.6 Å². The molecule has 82 valence electrons. The fourth-order valence-electron chi connectivity index (χ4n) is 1.57. The normalized spacial score (nSPS) is 10.3. The molecule has 0 spiro atoms. The lowest BCUT2D eigenvalue weighted by atomic mass is 10.0. The minimum absolute atomic E-state index is 0.0273. The van der Waals surface area contributed by atoms with Crippen molar-refractivity contribution >= 4 is 17.3 Å². The molecule has 0 radical (unpaired) electrons. The Morgan fingerprint density at radius 3 is 2.62 bits per heavy atom. The molecule has 0 amide bonds. The molecule has 3 nitrogen and oxygen atoms in total. The molecule has 2 aromatic rings. The third kappa shape index (κ3) is 1.92. The summed E-state index contributed by atoms with van der Waals surface area (Å²) in [4.78, 5) is 12.0. The fourth-order valence-corrected chi connectivity index (χ4v) is 2.30. The summed E-state index contributed by atoms with van der Waals surface area (Å²) < 4.78 is 0. The van der Waals surface area contributed by atoms with Crippen LogP contribution in [0, 0.1) is 6.92 Å². The van der Waals surface area contributed by atoms with Gasteiger partial charge in [0.15, 0.2) is 0 Å². The van der Waals surface area contributed by atoms with Gasteiger partial charge in [-0.05, 0) is 47.7 Å². The van der Waals surface area contributed by atoms with E-state index in [9.17, 15) is 9.90 Å². The third-order valence-corrected chi connectivity index (χ3v) is 3.18. The summed E-state index contributed by atoms with van der Waals surface area (Å²) in [5.74, 6) is -1.06. The van der Waals surface area contributed by atoms with Crippen LogP contribution in [0.1, 0.15) is 15.2 Å². The number of phenolic OH excluding ortho intramolecular Hbond substituents is 1. The average molecular weight is 234 g/mol. The van der Waals surface area contributed by atoms with Crippen molar-refractivity contribution in [1.29, 1.82) is 0 Å². The minimum atomic E-state index is -1.04. The highest BCUT2D eigenvalue weighted by Crippen LogP contribution is 2.30. The van der Waals surface area contributed by atoms with Crippen molar-refractivity contribution in [2.24, 2.45) is 0 Å². The monoisotopic (exact) mass is 234 g/mol. The van der Waals surface area contributed by atoms with E-state index in [1.807, 2.05) is 18.4 Å². The zero-order valence-electron chi connectivity index (χ0n) is 8.60. The zero-order chi connectivity index (χ0) is 11.7. The first-order chi connectivity index (χ1) is 7.58. The van der Waals surface area contributed by atoms with E-state index < -0.39 is 5.97 Å². The molecule has 2 N–H and O–H groups in total. The summed E-state index contributed by atoms with van der Waals surface area (Å²) >= 11 is 1.59. The smallest absolute Gasteiger partial charge is 0.335 e. The number of benzene rings is 1. The lowest BCUT2D eigenvalue weighted by Gasteiger charge is -2.03. The highest BCUT2D eigenvalue weighted by molar-refractivity contribution is 7.10. The predicted octanol–water partition coefficient (Wildman–Crippen LogP) is 3.13. The van der Waals surface area contributed by atoms with Gasteiger partial charge in [0.25, 0.3) is 0 Å². The van der Waals surface area contributed by atoms with Gasteiger partial charge in [-0.2, -0.15) is 0 Å². The Morgan fingerprint density at radius 2 is 2.06 bits per heavy atom. The average Bonchev–Trinajstić information content (AvgIpc) is 2.63. The number of carboxylic acid groups (broad SMARTS) is 1. The van der Waals surface area contributed by atoms with Gasteiger partial charge in [-0.3, -0.25) is 0 Å². The van der Waals surface area contributed by atoms with Crippen LogP contribution in [0.25, 0.3) is 11.1 Å². The lowest BCUT2D eigenvalue weighted by Crippen LogP contribution is -1.96. The molecule has 1 aromatic heterocycles. The van der Waals surface area contributed by atoms with Crippen molar-refractivity contribution in [3.63, 3.8) is 0 Å². The maximum Gasteiger partial charge on any atom is 0.335 e. The van der Waals surface area contributed by atoms with Crippen molar-refractivity contribution in [3.8, 4) is 16.9 Å². The predicted molar refractivity (Wildman–Crippen MR) is 63.1 cm³/mol. The standard InChI is InChI=1S/C12H10O3S/c1-7-11(2-3-16-7)8-4-9(12(14)15)6-10(13)5-8/h2-6,13H,1H3,(H,14,15). The second-order valence-corrected chi connectivity index (χ2v) is 4.58. The molecule has 0 aliphatic rings. The van der Waals surface area contributed by atoms with E-state index in [1.54, 1.807) is 23.5 Å². The molecule has 2 rings (SSSR count). The second kappa shape index (κ2) is 3.98. The van der Waals surface area contributed by atoms with Crippen molar-refractivity contribution in [1.82, 2.24) is 0 Å². The highest BCUT2D eigenvalue weighted by atomic mass is 32.1. The van der Waals surface area contributed by atoms with Crippen molar-refractivity contribution in [3.05, 3.63) is 40.1 Å². The Balaban J connectivity index is 2.58. The van der Waals surface area contributed by atoms with Crippen LogP contribution in [0.3, 0.4) is 0 Å². The maximum absolute atomic E-state index is 10.9. The number of aromatic carboxylic acids is 1. The number of aromatic hydroxyl groups is 1. The van der Waals surface area contributed by atoms with E-state index in [0.29, 0.717) is 0 Å². The van der Waals surface area contributed by atoms with Gasteiger partial charge in [-0.1, -0.05) is 0 Å². The maximum atomic E-state index is 10.9. The number of carboxylic acids is 1. The molecule has 1 aromatic carbocycles. The number of hydrogen-bond acceptors (Lipinski definition) is 3. The quantitative estimate of drug-likeness (QED) is 0.839. The van der Waals surface area contributed by atoms with Gasteiger partial charge in [0.2, 0.25) is 0 Å². The number of hydrogen-bond donors (Lipinski definition) is 2. The van der Waals surface area contributed by atoms with E-state index in [0.717, 1.165) is 16.0 Å². The number of thiophene rings is 1. The molecule has 0 atom stereocenters. The van der Waals surface area contributed by atoms with Crippen LogP contribution in [-0.2, 0) is 0 Å². The first-order valence-corrected chi connectivity index (χ1v) is 5.57. The first kappa shape index (κ1) is 10.7. The van der Waals surface area contributed by atoms with Gasteiger partial charge in [0.05, 0.1) is 5.56 Å². The molecule has 0 saturated carbocycles. The van der Waals surface area contributed by atoms with Crippen LogP contribution >= 0.6 is 11.3 Å². The van der Waals surface area contributed by atoms with Gasteiger partial charge < -0.3 is 10.2 Å². The van der Waals surface area contributed by atoms with E-state index in [1.165, 1.54) is 6.07 Å². The molecule has 0 fully saturated rings. The number of phenols is 1. The fraction of sp³-hybridized carbons (Fsp3) is 0.0833. The Morgan fingerprint density at radius 1 is 1.31 bits per heavy atom. The molecule has 16 heavy (non-hydrogen) atoms. The molecule has 1 heterocycles. The molecule has 0 unspecified atom stereocenters. The van der Waals surface area contributed by atoms with Crippen LogP contribution in [0.2, 0.25) is 0 Å². The summed E-state index contributed by atoms with van der Waals surface area (Å²) in [6.45, 7) is 1.96. The molecule has 0 aliphatic heterocycles. The summed E-state index contributed by atoms with van der Waals surface area (Å²) in [5, 5.41) is 20.3. The molecule has 0 aliphatic carbocycles. The summed E-state index contributed by atoms with van der Waals surface area (Å²) in [7, 11) is 0. The SMILES string of the molecule is Cc1sccc1-c1cc(O)cc(C(=O)O)c1. The molecule has 0 saturated heterocycles. The van der Waals surface area contributed by atoms with E-state index in [-0.39, 0.29) is 11.3 Å². The Kier molecular flexibility index (Phi) is 2.66. The first-order valence-electron chi connectivity index (χ1n) is 4.70. The Labute approximate surface area is 96.6 Å². The van der Waals surface area contributed by atoms with Gasteiger partial charge in [-0.25, -0.2) is 4.79 Å². The van der Waals surface area contributed by atoms with Crippen molar-refractivity contribution in [2.75, 3.05) is 0 Å². The molecule has 4 heteroatoms. The van der Waals surface area contributed by atoms with Crippen LogP contribution in [0.4, 0.5) is 0 Å². The van der Waals surface area contributed by atoms with Crippen LogP contribution in [0.5, 0.6) is 5.75 Å². The molecular weight excluding hydrogens is 224 g/mol. The number of rotatable bonds is 2. The summed E-state index contributed by atoms with van der Waals surface area (Å²) in [6.07, 6.45) is 0. The summed E-state index contributed by atoms with van der Waals surface area (Å²) in [6, 6.07) is 6.30. The van der Waals surface area contributed by atoms with Crippen molar-refractivity contribution in [2.45, 2.75) is 6.92 Å². The van der Waals surface area contributed by atoms with Gasteiger partial charge >= 0.3 is 5.97 Å². The van der Waals surface area contributed by atoms with Crippen LogP contribution in [-0.4, -0.2) is 16.2 Å². The van der Waals surface area contributed by atoms with Gasteiger partial charge in [-0.15, -0.1) is 11.3 Å². The minimum Gasteiger partial charge on any atom is -0.508 e. The largest absolute Gasteiger partial charge is 0.508 e. The Hall–Kier alpha value is -1.81. The van der Waals surface area contributed by atoms with E-state index in [2.05, 4.69) is 0 Å².